The third-order valence-corrected chi connectivity index (χ3v) is 2.19. The fourth-order valence-corrected chi connectivity index (χ4v) is 1.48. The number of rotatable bonds is 3. The smallest absolute Gasteiger partial charge is 0.238 e. The fraction of sp³-hybridized carbons (Fsp3) is 0.500. The molecule has 1 aromatic rings. The Morgan fingerprint density at radius 2 is 2.29 bits per heavy atom. The summed E-state index contributed by atoms with van der Waals surface area (Å²) in [6.45, 7) is 4.24. The molecule has 0 aliphatic heterocycles. The first-order valence-electron chi connectivity index (χ1n) is 4.37. The zero-order chi connectivity index (χ0) is 10.8. The Morgan fingerprint density at radius 1 is 1.64 bits per heavy atom. The monoisotopic (exact) mass is 259 g/mol. The molecule has 0 unspecified atom stereocenters. The Labute approximate surface area is 92.2 Å². The molecule has 0 atom stereocenters. The van der Waals surface area contributed by atoms with Gasteiger partial charge in [-0.2, -0.15) is 0 Å². The summed E-state index contributed by atoms with van der Waals surface area (Å²) >= 11 is 3.33. The van der Waals surface area contributed by atoms with Crippen molar-refractivity contribution in [2.24, 2.45) is 0 Å². The Hall–Kier alpha value is -0.770. The van der Waals surface area contributed by atoms with Gasteiger partial charge in [-0.1, -0.05) is 15.9 Å². The van der Waals surface area contributed by atoms with Crippen LogP contribution < -0.4 is 0 Å². The molecular formula is C10H14BrNO2. The van der Waals surface area contributed by atoms with E-state index in [0.29, 0.717) is 6.54 Å². The molecular weight excluding hydrogens is 246 g/mol. The highest BCUT2D eigenvalue weighted by atomic mass is 79.9. The highest BCUT2D eigenvalue weighted by Gasteiger charge is 2.26. The summed E-state index contributed by atoms with van der Waals surface area (Å²) in [5, 5.41) is 0. The predicted octanol–water partition coefficient (Wildman–Crippen LogP) is 2.41. The van der Waals surface area contributed by atoms with Crippen LogP contribution >= 0.6 is 15.9 Å². The molecule has 0 saturated heterocycles. The van der Waals surface area contributed by atoms with Crippen LogP contribution in [0.3, 0.4) is 0 Å². The summed E-state index contributed by atoms with van der Waals surface area (Å²) in [4.78, 5) is 13.4. The number of nitrogens with zero attached hydrogens (tertiary/aromatic N) is 1. The minimum atomic E-state index is -0.508. The zero-order valence-corrected chi connectivity index (χ0v) is 10.2. The molecule has 14 heavy (non-hydrogen) atoms. The van der Waals surface area contributed by atoms with Crippen molar-refractivity contribution in [3.05, 3.63) is 24.2 Å². The second-order valence-corrected chi connectivity index (χ2v) is 5.75. The van der Waals surface area contributed by atoms with Gasteiger partial charge in [0, 0.05) is 19.2 Å². The molecule has 0 saturated carbocycles. The number of amides is 1. The van der Waals surface area contributed by atoms with Crippen LogP contribution in [0.5, 0.6) is 0 Å². The van der Waals surface area contributed by atoms with E-state index in [2.05, 4.69) is 15.9 Å². The Kier molecular flexibility index (Phi) is 3.37. The van der Waals surface area contributed by atoms with Gasteiger partial charge in [0.1, 0.15) is 0 Å². The van der Waals surface area contributed by atoms with Gasteiger partial charge in [-0.15, -0.1) is 0 Å². The maximum absolute atomic E-state index is 11.7. The Balaban J connectivity index is 2.59. The van der Waals surface area contributed by atoms with E-state index in [1.54, 1.807) is 24.5 Å². The third-order valence-electron chi connectivity index (χ3n) is 1.86. The minimum Gasteiger partial charge on any atom is -0.472 e. The number of alkyl halides is 1. The first-order chi connectivity index (χ1) is 6.41. The van der Waals surface area contributed by atoms with Crippen molar-refractivity contribution < 1.29 is 9.21 Å². The van der Waals surface area contributed by atoms with Crippen LogP contribution in [0.2, 0.25) is 0 Å². The molecule has 0 aliphatic carbocycles. The van der Waals surface area contributed by atoms with Gasteiger partial charge in [0.05, 0.1) is 16.9 Å². The van der Waals surface area contributed by atoms with E-state index in [1.165, 1.54) is 0 Å². The number of carbonyl (C=O) groups excluding carboxylic acids is 1. The van der Waals surface area contributed by atoms with Crippen LogP contribution in [0.15, 0.2) is 23.0 Å². The zero-order valence-electron chi connectivity index (χ0n) is 8.58. The largest absolute Gasteiger partial charge is 0.472 e. The van der Waals surface area contributed by atoms with Gasteiger partial charge in [-0.25, -0.2) is 0 Å². The molecule has 0 N–H and O–H groups in total. The van der Waals surface area contributed by atoms with Crippen LogP contribution in [-0.2, 0) is 11.3 Å². The van der Waals surface area contributed by atoms with Crippen molar-refractivity contribution in [3.63, 3.8) is 0 Å². The second kappa shape index (κ2) is 4.17. The second-order valence-electron chi connectivity index (χ2n) is 3.77. The summed E-state index contributed by atoms with van der Waals surface area (Å²) in [6, 6.07) is 1.85. The topological polar surface area (TPSA) is 33.5 Å². The van der Waals surface area contributed by atoms with Crippen LogP contribution in [0.25, 0.3) is 0 Å². The summed E-state index contributed by atoms with van der Waals surface area (Å²) < 4.78 is 4.42. The number of furan rings is 1. The molecule has 4 heteroatoms. The lowest BCUT2D eigenvalue weighted by Gasteiger charge is -2.24. The highest BCUT2D eigenvalue weighted by molar-refractivity contribution is 9.10. The molecule has 0 fully saturated rings. The van der Waals surface area contributed by atoms with Crippen molar-refractivity contribution in [2.75, 3.05) is 7.05 Å². The number of hydrogen-bond donors (Lipinski definition) is 0. The lowest BCUT2D eigenvalue weighted by molar-refractivity contribution is -0.131. The number of carbonyl (C=O) groups is 1. The van der Waals surface area contributed by atoms with Crippen molar-refractivity contribution in [2.45, 2.75) is 24.7 Å². The van der Waals surface area contributed by atoms with Crippen molar-refractivity contribution in [3.8, 4) is 0 Å². The molecule has 0 aliphatic rings. The molecule has 1 rings (SSSR count). The molecule has 0 bridgehead atoms. The molecule has 1 aromatic heterocycles. The van der Waals surface area contributed by atoms with E-state index in [1.807, 2.05) is 19.9 Å². The van der Waals surface area contributed by atoms with Crippen LogP contribution in [-0.4, -0.2) is 22.2 Å². The molecule has 0 aromatic carbocycles. The van der Waals surface area contributed by atoms with Gasteiger partial charge in [-0.05, 0) is 19.9 Å². The average molecular weight is 260 g/mol. The first kappa shape index (κ1) is 11.3. The van der Waals surface area contributed by atoms with Crippen molar-refractivity contribution >= 4 is 21.8 Å². The molecule has 0 spiro atoms. The summed E-state index contributed by atoms with van der Waals surface area (Å²) in [5.74, 6) is 0.0544. The van der Waals surface area contributed by atoms with Gasteiger partial charge < -0.3 is 9.32 Å². The van der Waals surface area contributed by atoms with Crippen LogP contribution in [0.1, 0.15) is 19.4 Å². The third kappa shape index (κ3) is 2.87. The Morgan fingerprint density at radius 3 is 2.71 bits per heavy atom. The van der Waals surface area contributed by atoms with E-state index < -0.39 is 4.32 Å². The molecule has 1 amide bonds. The van der Waals surface area contributed by atoms with E-state index in [4.69, 9.17) is 4.42 Å². The maximum atomic E-state index is 11.7. The first-order valence-corrected chi connectivity index (χ1v) is 5.16. The summed E-state index contributed by atoms with van der Waals surface area (Å²) in [5.41, 5.74) is 0.998. The maximum Gasteiger partial charge on any atom is 0.238 e. The van der Waals surface area contributed by atoms with E-state index in [0.717, 1.165) is 5.56 Å². The average Bonchev–Trinajstić information content (AvgIpc) is 2.53. The summed E-state index contributed by atoms with van der Waals surface area (Å²) in [7, 11) is 1.78. The van der Waals surface area contributed by atoms with Crippen LogP contribution in [0.4, 0.5) is 0 Å². The van der Waals surface area contributed by atoms with E-state index in [-0.39, 0.29) is 5.91 Å². The van der Waals surface area contributed by atoms with Crippen LogP contribution in [0, 0.1) is 0 Å². The quantitative estimate of drug-likeness (QED) is 0.782. The Bertz CT molecular complexity index is 300. The number of halogens is 1. The van der Waals surface area contributed by atoms with Gasteiger partial charge >= 0.3 is 0 Å². The highest BCUT2D eigenvalue weighted by Crippen LogP contribution is 2.19. The number of hydrogen-bond acceptors (Lipinski definition) is 2. The fourth-order valence-electron chi connectivity index (χ4n) is 1.18. The van der Waals surface area contributed by atoms with Crippen molar-refractivity contribution in [1.29, 1.82) is 0 Å². The summed E-state index contributed by atoms with van der Waals surface area (Å²) in [6.07, 6.45) is 3.25. The standard InChI is InChI=1S/C10H14BrNO2/c1-10(2,11)9(13)12(3)6-8-4-5-14-7-8/h4-5,7H,6H2,1-3H3. The molecule has 1 heterocycles. The SMILES string of the molecule is CN(Cc1ccoc1)C(=O)C(C)(C)Br. The van der Waals surface area contributed by atoms with Gasteiger partial charge in [0.25, 0.3) is 0 Å². The molecule has 0 radical (unpaired) electrons. The molecule has 78 valence electrons. The van der Waals surface area contributed by atoms with E-state index in [9.17, 15) is 4.79 Å². The van der Waals surface area contributed by atoms with Crippen molar-refractivity contribution in [1.82, 2.24) is 4.90 Å². The van der Waals surface area contributed by atoms with Gasteiger partial charge in [0.2, 0.25) is 5.91 Å². The normalized spacial score (nSPS) is 11.4. The lowest BCUT2D eigenvalue weighted by atomic mass is 10.2. The minimum absolute atomic E-state index is 0.0544. The van der Waals surface area contributed by atoms with Gasteiger partial charge in [-0.3, -0.25) is 4.79 Å². The van der Waals surface area contributed by atoms with Gasteiger partial charge in [0.15, 0.2) is 0 Å². The lowest BCUT2D eigenvalue weighted by Crippen LogP contribution is -2.38. The predicted molar refractivity (Wildman–Crippen MR) is 58.2 cm³/mol. The molecule has 3 nitrogen and oxygen atoms in total. The van der Waals surface area contributed by atoms with E-state index >= 15 is 0 Å².